The number of benzene rings is 1. The van der Waals surface area contributed by atoms with Gasteiger partial charge in [-0.25, -0.2) is 0 Å². The number of rotatable bonds is 2. The minimum absolute atomic E-state index is 0.0855. The monoisotopic (exact) mass is 201 g/mol. The van der Waals surface area contributed by atoms with Gasteiger partial charge in [0.15, 0.2) is 11.5 Å². The molecule has 0 unspecified atom stereocenters. The fourth-order valence-corrected chi connectivity index (χ4v) is 1.38. The van der Waals surface area contributed by atoms with E-state index < -0.39 is 0 Å². The largest absolute Gasteiger partial charge is 0.356 e. The minimum atomic E-state index is -0.0855. The third kappa shape index (κ3) is 1.96. The van der Waals surface area contributed by atoms with Crippen molar-refractivity contribution in [2.75, 3.05) is 0 Å². The molecule has 2 aromatic rings. The molecule has 0 aliphatic rings. The fraction of sp³-hybridized carbons (Fsp3) is 0.167. The molecule has 0 saturated carbocycles. The Labute approximate surface area is 87.7 Å². The van der Waals surface area contributed by atoms with Gasteiger partial charge in [-0.05, 0) is 13.0 Å². The number of carbonyl (C=O) groups is 1. The van der Waals surface area contributed by atoms with Crippen LogP contribution in [0.15, 0.2) is 34.9 Å². The van der Waals surface area contributed by atoms with Crippen LogP contribution in [-0.2, 0) is 0 Å². The van der Waals surface area contributed by atoms with Crippen molar-refractivity contribution in [3.8, 4) is 11.3 Å². The number of aromatic nitrogens is 1. The molecule has 0 bridgehead atoms. The number of hydrogen-bond donors (Lipinski definition) is 0. The number of aryl methyl sites for hydroxylation is 1. The lowest BCUT2D eigenvalue weighted by molar-refractivity contribution is 0.100. The van der Waals surface area contributed by atoms with Crippen molar-refractivity contribution in [2.24, 2.45) is 0 Å². The summed E-state index contributed by atoms with van der Waals surface area (Å²) in [5.41, 5.74) is 2.45. The third-order valence-corrected chi connectivity index (χ3v) is 2.17. The number of ketones is 1. The van der Waals surface area contributed by atoms with E-state index in [1.54, 1.807) is 6.07 Å². The molecule has 76 valence electrons. The summed E-state index contributed by atoms with van der Waals surface area (Å²) in [6, 6.07) is 9.53. The maximum atomic E-state index is 11.0. The van der Waals surface area contributed by atoms with Gasteiger partial charge < -0.3 is 4.52 Å². The van der Waals surface area contributed by atoms with Crippen LogP contribution in [0.25, 0.3) is 11.3 Å². The second-order valence-corrected chi connectivity index (χ2v) is 3.50. The van der Waals surface area contributed by atoms with E-state index in [0.717, 1.165) is 11.1 Å². The molecule has 1 aromatic heterocycles. The SMILES string of the molecule is CC(=O)c1cc(-c2cccc(C)c2)on1. The molecule has 2 rings (SSSR count). The zero-order valence-electron chi connectivity index (χ0n) is 8.65. The second-order valence-electron chi connectivity index (χ2n) is 3.50. The van der Waals surface area contributed by atoms with Gasteiger partial charge in [-0.3, -0.25) is 4.79 Å². The summed E-state index contributed by atoms with van der Waals surface area (Å²) in [5, 5.41) is 3.70. The van der Waals surface area contributed by atoms with Crippen molar-refractivity contribution in [2.45, 2.75) is 13.8 Å². The zero-order chi connectivity index (χ0) is 10.8. The molecule has 0 atom stereocenters. The van der Waals surface area contributed by atoms with Crippen LogP contribution in [0.2, 0.25) is 0 Å². The predicted molar refractivity (Wildman–Crippen MR) is 56.7 cm³/mol. The normalized spacial score (nSPS) is 10.3. The maximum Gasteiger partial charge on any atom is 0.181 e. The van der Waals surface area contributed by atoms with E-state index in [2.05, 4.69) is 5.16 Å². The Morgan fingerprint density at radius 2 is 2.13 bits per heavy atom. The Morgan fingerprint density at radius 1 is 1.33 bits per heavy atom. The summed E-state index contributed by atoms with van der Waals surface area (Å²) in [4.78, 5) is 11.0. The highest BCUT2D eigenvalue weighted by Gasteiger charge is 2.09. The molecule has 0 radical (unpaired) electrons. The molecule has 1 heterocycles. The van der Waals surface area contributed by atoms with E-state index in [-0.39, 0.29) is 5.78 Å². The average Bonchev–Trinajstić information content (AvgIpc) is 2.66. The molecule has 0 fully saturated rings. The fourth-order valence-electron chi connectivity index (χ4n) is 1.38. The minimum Gasteiger partial charge on any atom is -0.356 e. The Balaban J connectivity index is 2.41. The van der Waals surface area contributed by atoms with Gasteiger partial charge in [0.25, 0.3) is 0 Å². The van der Waals surface area contributed by atoms with Gasteiger partial charge in [-0.1, -0.05) is 28.9 Å². The first-order chi connectivity index (χ1) is 7.16. The van der Waals surface area contributed by atoms with Crippen LogP contribution in [0.5, 0.6) is 0 Å². The van der Waals surface area contributed by atoms with Crippen LogP contribution in [0.3, 0.4) is 0 Å². The molecule has 3 heteroatoms. The van der Waals surface area contributed by atoms with Crippen molar-refractivity contribution in [3.05, 3.63) is 41.6 Å². The van der Waals surface area contributed by atoms with Gasteiger partial charge >= 0.3 is 0 Å². The summed E-state index contributed by atoms with van der Waals surface area (Å²) in [6.07, 6.45) is 0. The number of nitrogens with zero attached hydrogens (tertiary/aromatic N) is 1. The molecule has 3 nitrogen and oxygen atoms in total. The standard InChI is InChI=1S/C12H11NO2/c1-8-4-3-5-10(6-8)12-7-11(9(2)14)13-15-12/h3-7H,1-2H3. The molecular weight excluding hydrogens is 190 g/mol. The van der Waals surface area contributed by atoms with Gasteiger partial charge in [0.2, 0.25) is 0 Å². The van der Waals surface area contributed by atoms with E-state index in [4.69, 9.17) is 4.52 Å². The maximum absolute atomic E-state index is 11.0. The first-order valence-electron chi connectivity index (χ1n) is 4.71. The lowest BCUT2D eigenvalue weighted by Crippen LogP contribution is -1.89. The van der Waals surface area contributed by atoms with Gasteiger partial charge in [-0.2, -0.15) is 0 Å². The van der Waals surface area contributed by atoms with Crippen molar-refractivity contribution in [1.29, 1.82) is 0 Å². The Morgan fingerprint density at radius 3 is 2.73 bits per heavy atom. The summed E-state index contributed by atoms with van der Waals surface area (Å²) < 4.78 is 5.10. The summed E-state index contributed by atoms with van der Waals surface area (Å²) in [5.74, 6) is 0.543. The Bertz CT molecular complexity index is 500. The average molecular weight is 201 g/mol. The van der Waals surface area contributed by atoms with Crippen molar-refractivity contribution < 1.29 is 9.32 Å². The van der Waals surface area contributed by atoms with Gasteiger partial charge in [0.1, 0.15) is 5.69 Å². The number of carbonyl (C=O) groups excluding carboxylic acids is 1. The van der Waals surface area contributed by atoms with Gasteiger partial charge in [-0.15, -0.1) is 0 Å². The molecule has 0 amide bonds. The quantitative estimate of drug-likeness (QED) is 0.701. The molecular formula is C12H11NO2. The summed E-state index contributed by atoms with van der Waals surface area (Å²) in [7, 11) is 0. The van der Waals surface area contributed by atoms with E-state index in [1.165, 1.54) is 6.92 Å². The van der Waals surface area contributed by atoms with E-state index in [1.807, 2.05) is 31.2 Å². The second kappa shape index (κ2) is 3.69. The van der Waals surface area contributed by atoms with Crippen LogP contribution in [0, 0.1) is 6.92 Å². The highest BCUT2D eigenvalue weighted by atomic mass is 16.5. The van der Waals surface area contributed by atoms with Crippen LogP contribution in [0.4, 0.5) is 0 Å². The van der Waals surface area contributed by atoms with Gasteiger partial charge in [0, 0.05) is 18.6 Å². The molecule has 1 aromatic carbocycles. The van der Waals surface area contributed by atoms with Crippen molar-refractivity contribution in [1.82, 2.24) is 5.16 Å². The van der Waals surface area contributed by atoms with Crippen LogP contribution in [-0.4, -0.2) is 10.9 Å². The highest BCUT2D eigenvalue weighted by molar-refractivity contribution is 5.92. The lowest BCUT2D eigenvalue weighted by atomic mass is 10.1. The Hall–Kier alpha value is -1.90. The first-order valence-corrected chi connectivity index (χ1v) is 4.71. The lowest BCUT2D eigenvalue weighted by Gasteiger charge is -1.95. The summed E-state index contributed by atoms with van der Waals surface area (Å²) in [6.45, 7) is 3.48. The highest BCUT2D eigenvalue weighted by Crippen LogP contribution is 2.21. The number of Topliss-reactive ketones (excluding diaryl/α,β-unsaturated/α-hetero) is 1. The van der Waals surface area contributed by atoms with E-state index >= 15 is 0 Å². The van der Waals surface area contributed by atoms with Crippen molar-refractivity contribution in [3.63, 3.8) is 0 Å². The Kier molecular flexibility index (Phi) is 2.37. The molecule has 0 saturated heterocycles. The van der Waals surface area contributed by atoms with E-state index in [9.17, 15) is 4.79 Å². The third-order valence-electron chi connectivity index (χ3n) is 2.17. The summed E-state index contributed by atoms with van der Waals surface area (Å²) >= 11 is 0. The molecule has 0 N–H and O–H groups in total. The zero-order valence-corrected chi connectivity index (χ0v) is 8.65. The molecule has 0 aliphatic carbocycles. The van der Waals surface area contributed by atoms with Crippen LogP contribution < -0.4 is 0 Å². The van der Waals surface area contributed by atoms with Crippen LogP contribution in [0.1, 0.15) is 23.0 Å². The molecule has 0 spiro atoms. The van der Waals surface area contributed by atoms with E-state index in [0.29, 0.717) is 11.5 Å². The van der Waals surface area contributed by atoms with Crippen LogP contribution >= 0.6 is 0 Å². The topological polar surface area (TPSA) is 43.1 Å². The molecule has 0 aliphatic heterocycles. The predicted octanol–water partition coefficient (Wildman–Crippen LogP) is 2.85. The smallest absolute Gasteiger partial charge is 0.181 e. The number of hydrogen-bond acceptors (Lipinski definition) is 3. The first kappa shape index (κ1) is 9.65. The molecule has 15 heavy (non-hydrogen) atoms. The van der Waals surface area contributed by atoms with Gasteiger partial charge in [0.05, 0.1) is 0 Å². The van der Waals surface area contributed by atoms with Crippen molar-refractivity contribution >= 4 is 5.78 Å².